The number of rotatable bonds is 8. The van der Waals surface area contributed by atoms with Crippen LogP contribution >= 0.6 is 0 Å². The minimum absolute atomic E-state index is 0.0101. The quantitative estimate of drug-likeness (QED) is 0.535. The number of carbonyl (C=O) groups excluding carboxylic acids is 2. The van der Waals surface area contributed by atoms with E-state index in [1.54, 1.807) is 0 Å². The Morgan fingerprint density at radius 1 is 1.00 bits per heavy atom. The largest absolute Gasteiger partial charge is 0.480 e. The number of amides is 2. The molecular formula is C27H32N2O5. The van der Waals surface area contributed by atoms with Gasteiger partial charge < -0.3 is 20.5 Å². The molecule has 7 nitrogen and oxygen atoms in total. The van der Waals surface area contributed by atoms with Crippen LogP contribution in [0.4, 0.5) is 4.79 Å². The number of benzene rings is 2. The molecule has 0 heterocycles. The molecule has 0 spiro atoms. The average molecular weight is 465 g/mol. The number of nitrogens with one attached hydrogen (secondary N) is 2. The number of fused-ring (bicyclic) bond motifs is 3. The van der Waals surface area contributed by atoms with Crippen LogP contribution in [-0.4, -0.2) is 41.8 Å². The second-order valence-electron chi connectivity index (χ2n) is 9.51. The molecular weight excluding hydrogens is 432 g/mol. The Morgan fingerprint density at radius 2 is 1.59 bits per heavy atom. The molecule has 1 fully saturated rings. The fourth-order valence-corrected chi connectivity index (χ4v) is 5.16. The van der Waals surface area contributed by atoms with Gasteiger partial charge in [0.2, 0.25) is 5.91 Å². The lowest BCUT2D eigenvalue weighted by molar-refractivity contribution is -0.149. The molecule has 180 valence electrons. The van der Waals surface area contributed by atoms with E-state index in [-0.39, 0.29) is 37.3 Å². The lowest BCUT2D eigenvalue weighted by atomic mass is 9.81. The van der Waals surface area contributed by atoms with Crippen molar-refractivity contribution in [2.24, 2.45) is 5.92 Å². The zero-order valence-corrected chi connectivity index (χ0v) is 19.5. The number of alkyl carbamates (subject to hydrolysis) is 1. The second-order valence-corrected chi connectivity index (χ2v) is 9.51. The number of carboxylic acids is 1. The summed E-state index contributed by atoms with van der Waals surface area (Å²) in [6, 6.07) is 16.3. The van der Waals surface area contributed by atoms with Crippen molar-refractivity contribution in [2.75, 3.05) is 13.2 Å². The minimum atomic E-state index is -1.16. The van der Waals surface area contributed by atoms with E-state index < -0.39 is 17.6 Å². The molecule has 2 aliphatic rings. The van der Waals surface area contributed by atoms with E-state index in [1.165, 1.54) is 11.1 Å². The van der Waals surface area contributed by atoms with Crippen LogP contribution in [0.2, 0.25) is 0 Å². The average Bonchev–Trinajstić information content (AvgIpc) is 3.15. The highest BCUT2D eigenvalue weighted by atomic mass is 16.5. The Hall–Kier alpha value is -3.35. The van der Waals surface area contributed by atoms with Gasteiger partial charge in [-0.05, 0) is 41.0 Å². The summed E-state index contributed by atoms with van der Waals surface area (Å²) in [5.41, 5.74) is 3.48. The van der Waals surface area contributed by atoms with Crippen LogP contribution in [0.5, 0.6) is 0 Å². The van der Waals surface area contributed by atoms with Gasteiger partial charge in [-0.25, -0.2) is 9.59 Å². The van der Waals surface area contributed by atoms with Gasteiger partial charge in [-0.1, -0.05) is 74.7 Å². The Labute approximate surface area is 199 Å². The molecule has 2 aromatic rings. The minimum Gasteiger partial charge on any atom is -0.480 e. The molecule has 34 heavy (non-hydrogen) atoms. The van der Waals surface area contributed by atoms with Crippen LogP contribution in [-0.2, 0) is 14.3 Å². The van der Waals surface area contributed by atoms with Crippen molar-refractivity contribution in [3.63, 3.8) is 0 Å². The highest BCUT2D eigenvalue weighted by Gasteiger charge is 2.41. The third-order valence-electron chi connectivity index (χ3n) is 6.97. The molecule has 4 rings (SSSR count). The van der Waals surface area contributed by atoms with Crippen molar-refractivity contribution < 1.29 is 24.2 Å². The van der Waals surface area contributed by atoms with Crippen molar-refractivity contribution >= 4 is 18.0 Å². The van der Waals surface area contributed by atoms with Crippen LogP contribution in [0.25, 0.3) is 11.1 Å². The SMILES string of the molecule is CC(CNC(=O)OCC1c2ccccc2-c2ccccc21)CC(=O)NC1(C(=O)O)CCCCC1. The Balaban J connectivity index is 1.25. The number of carbonyl (C=O) groups is 3. The maximum Gasteiger partial charge on any atom is 0.407 e. The second kappa shape index (κ2) is 10.3. The Morgan fingerprint density at radius 3 is 2.18 bits per heavy atom. The van der Waals surface area contributed by atoms with Crippen molar-refractivity contribution in [1.29, 1.82) is 0 Å². The van der Waals surface area contributed by atoms with Crippen molar-refractivity contribution in [1.82, 2.24) is 10.6 Å². The summed E-state index contributed by atoms with van der Waals surface area (Å²) in [5, 5.41) is 15.1. The number of ether oxygens (including phenoxy) is 1. The molecule has 0 aliphatic heterocycles. The molecule has 7 heteroatoms. The molecule has 0 radical (unpaired) electrons. The van der Waals surface area contributed by atoms with Crippen molar-refractivity contribution in [3.05, 3.63) is 59.7 Å². The first-order chi connectivity index (χ1) is 16.4. The van der Waals surface area contributed by atoms with Crippen LogP contribution in [0.1, 0.15) is 62.5 Å². The maximum atomic E-state index is 12.5. The lowest BCUT2D eigenvalue weighted by Crippen LogP contribution is -2.55. The summed E-state index contributed by atoms with van der Waals surface area (Å²) in [6.45, 7) is 2.34. The van der Waals surface area contributed by atoms with E-state index in [0.29, 0.717) is 12.8 Å². The van der Waals surface area contributed by atoms with Crippen LogP contribution in [0, 0.1) is 5.92 Å². The van der Waals surface area contributed by atoms with Gasteiger partial charge in [0.15, 0.2) is 0 Å². The molecule has 0 saturated heterocycles. The zero-order valence-electron chi connectivity index (χ0n) is 19.5. The van der Waals surface area contributed by atoms with E-state index >= 15 is 0 Å². The summed E-state index contributed by atoms with van der Waals surface area (Å²) >= 11 is 0. The molecule has 1 unspecified atom stereocenters. The fraction of sp³-hybridized carbons (Fsp3) is 0.444. The normalized spacial score (nSPS) is 17.2. The predicted octanol–water partition coefficient (Wildman–Crippen LogP) is 4.46. The highest BCUT2D eigenvalue weighted by molar-refractivity contribution is 5.87. The van der Waals surface area contributed by atoms with E-state index in [9.17, 15) is 19.5 Å². The summed E-state index contributed by atoms with van der Waals surface area (Å²) in [4.78, 5) is 36.6. The van der Waals surface area contributed by atoms with Crippen LogP contribution in [0.3, 0.4) is 0 Å². The van der Waals surface area contributed by atoms with E-state index in [0.717, 1.165) is 30.4 Å². The molecule has 2 aliphatic carbocycles. The molecule has 2 aromatic carbocycles. The smallest absolute Gasteiger partial charge is 0.407 e. The van der Waals surface area contributed by atoms with Crippen molar-refractivity contribution in [3.8, 4) is 11.1 Å². The standard InChI is InChI=1S/C27H32N2O5/c1-18(15-24(30)29-27(25(31)32)13-7-2-8-14-27)16-28-26(33)34-17-23-21-11-5-3-9-19(21)20-10-4-6-12-22(20)23/h3-6,9-12,18,23H,2,7-8,13-17H2,1H3,(H,28,33)(H,29,30)(H,31,32). The van der Waals surface area contributed by atoms with E-state index in [2.05, 4.69) is 34.9 Å². The monoisotopic (exact) mass is 464 g/mol. The Kier molecular flexibility index (Phi) is 7.20. The predicted molar refractivity (Wildman–Crippen MR) is 128 cm³/mol. The first-order valence-electron chi connectivity index (χ1n) is 12.0. The van der Waals surface area contributed by atoms with Crippen LogP contribution in [0.15, 0.2) is 48.5 Å². The number of hydrogen-bond donors (Lipinski definition) is 3. The summed E-state index contributed by atoms with van der Waals surface area (Å²) in [7, 11) is 0. The molecule has 0 bridgehead atoms. The molecule has 0 aromatic heterocycles. The van der Waals surface area contributed by atoms with Gasteiger partial charge in [-0.2, -0.15) is 0 Å². The van der Waals surface area contributed by atoms with Gasteiger partial charge in [0, 0.05) is 18.9 Å². The fourth-order valence-electron chi connectivity index (χ4n) is 5.16. The summed E-state index contributed by atoms with van der Waals surface area (Å²) in [6.07, 6.45) is 3.12. The topological polar surface area (TPSA) is 105 Å². The molecule has 3 N–H and O–H groups in total. The molecule has 2 amide bonds. The maximum absolute atomic E-state index is 12.5. The number of aliphatic carboxylic acids is 1. The zero-order chi connectivity index (χ0) is 24.1. The van der Waals surface area contributed by atoms with Gasteiger partial charge >= 0.3 is 12.1 Å². The number of hydrogen-bond acceptors (Lipinski definition) is 4. The summed E-state index contributed by atoms with van der Waals surface area (Å²) < 4.78 is 5.54. The molecule has 1 saturated carbocycles. The lowest BCUT2D eigenvalue weighted by Gasteiger charge is -2.34. The van der Waals surface area contributed by atoms with Gasteiger partial charge in [-0.3, -0.25) is 4.79 Å². The molecule has 1 atom stereocenters. The van der Waals surface area contributed by atoms with Gasteiger partial charge in [0.25, 0.3) is 0 Å². The first-order valence-corrected chi connectivity index (χ1v) is 12.0. The third-order valence-corrected chi connectivity index (χ3v) is 6.97. The first kappa shape index (κ1) is 23.8. The Bertz CT molecular complexity index is 1010. The van der Waals surface area contributed by atoms with Gasteiger partial charge in [-0.15, -0.1) is 0 Å². The van der Waals surface area contributed by atoms with Gasteiger partial charge in [0.1, 0.15) is 12.1 Å². The van der Waals surface area contributed by atoms with E-state index in [4.69, 9.17) is 4.74 Å². The van der Waals surface area contributed by atoms with Crippen LogP contribution < -0.4 is 10.6 Å². The van der Waals surface area contributed by atoms with E-state index in [1.807, 2.05) is 31.2 Å². The highest BCUT2D eigenvalue weighted by Crippen LogP contribution is 2.44. The third kappa shape index (κ3) is 5.08. The van der Waals surface area contributed by atoms with Gasteiger partial charge in [0.05, 0.1) is 0 Å². The van der Waals surface area contributed by atoms with Crippen molar-refractivity contribution in [2.45, 2.75) is 56.9 Å². The summed E-state index contributed by atoms with van der Waals surface area (Å²) in [5.74, 6) is -1.44. The number of carboxylic acid groups (broad SMARTS) is 1.